The topological polar surface area (TPSA) is 21.3 Å². The summed E-state index contributed by atoms with van der Waals surface area (Å²) in [5.74, 6) is 0. The van der Waals surface area contributed by atoms with Gasteiger partial charge in [0.25, 0.3) is 0 Å². The van der Waals surface area contributed by atoms with Gasteiger partial charge in [0.05, 0.1) is 6.61 Å². The van der Waals surface area contributed by atoms with Crippen LogP contribution in [0.3, 0.4) is 0 Å². The third-order valence-electron chi connectivity index (χ3n) is 1.16. The summed E-state index contributed by atoms with van der Waals surface area (Å²) in [6, 6.07) is 0. The molecule has 0 saturated heterocycles. The fourth-order valence-corrected chi connectivity index (χ4v) is 0.499. The molecule has 0 aromatic rings. The van der Waals surface area contributed by atoms with Crippen LogP contribution in [0.5, 0.6) is 0 Å². The smallest absolute Gasteiger partial charge is 0.0687 e. The summed E-state index contributed by atoms with van der Waals surface area (Å²) < 4.78 is 0. The average molecular weight is 144 g/mol. The van der Waals surface area contributed by atoms with Gasteiger partial charge in [-0.1, -0.05) is 20.8 Å². The molecule has 61 valence electrons. The van der Waals surface area contributed by atoms with Crippen LogP contribution in [0.2, 0.25) is 0 Å². The van der Waals surface area contributed by atoms with Crippen molar-refractivity contribution in [3.63, 3.8) is 0 Å². The summed E-state index contributed by atoms with van der Waals surface area (Å²) in [4.78, 5) is 5.05. The molecule has 0 saturated carbocycles. The zero-order valence-electron chi connectivity index (χ0n) is 7.40. The highest BCUT2D eigenvalue weighted by atomic mass is 16.6. The van der Waals surface area contributed by atoms with E-state index < -0.39 is 0 Å². The van der Waals surface area contributed by atoms with Crippen LogP contribution in [0.4, 0.5) is 0 Å². The Kier molecular flexibility index (Phi) is 4.65. The lowest BCUT2D eigenvalue weighted by molar-refractivity contribution is 0.0429. The van der Waals surface area contributed by atoms with E-state index in [2.05, 4.69) is 26.3 Å². The summed E-state index contributed by atoms with van der Waals surface area (Å²) in [6.07, 6.45) is 1.08. The molecule has 0 aliphatic heterocycles. The lowest BCUT2D eigenvalue weighted by Gasteiger charge is -2.17. The molecule has 1 N–H and O–H groups in total. The van der Waals surface area contributed by atoms with Crippen LogP contribution < -0.4 is 5.48 Å². The lowest BCUT2D eigenvalue weighted by atomic mass is 9.93. The minimum absolute atomic E-state index is 0.370. The number of hydrogen-bond acceptors (Lipinski definition) is 2. The Morgan fingerprint density at radius 1 is 1.40 bits per heavy atom. The van der Waals surface area contributed by atoms with Crippen molar-refractivity contribution in [2.24, 2.45) is 5.41 Å². The maximum atomic E-state index is 5.05. The Bertz CT molecular complexity index is 75.8. The molecule has 0 amide bonds. The highest BCUT2D eigenvalue weighted by Gasteiger charge is 2.08. The van der Waals surface area contributed by atoms with Crippen molar-refractivity contribution in [1.29, 1.82) is 0 Å². The molecule has 0 aromatic heterocycles. The molecule has 10 heavy (non-hydrogen) atoms. The summed E-state index contributed by atoms with van der Waals surface area (Å²) in [7, 11) is 0. The van der Waals surface area contributed by atoms with Gasteiger partial charge in [-0.2, -0.15) is 5.48 Å². The van der Waals surface area contributed by atoms with Crippen LogP contribution in [-0.4, -0.2) is 6.61 Å². The van der Waals surface area contributed by atoms with E-state index >= 15 is 0 Å². The molecule has 0 rings (SSSR count). The van der Waals surface area contributed by atoms with Gasteiger partial charge in [0.2, 0.25) is 0 Å². The summed E-state index contributed by atoms with van der Waals surface area (Å²) in [6.45, 7) is 11.1. The molecule has 0 bridgehead atoms. The van der Waals surface area contributed by atoms with E-state index in [9.17, 15) is 0 Å². The standard InChI is InChI=1S/C8H18NO/c1-5-9-10-7-6-8(2,3)4/h5,9H,6-7H2,1-4H3. The Morgan fingerprint density at radius 2 is 2.00 bits per heavy atom. The predicted molar refractivity (Wildman–Crippen MR) is 43.1 cm³/mol. The zero-order chi connectivity index (χ0) is 8.04. The highest BCUT2D eigenvalue weighted by Crippen LogP contribution is 2.17. The summed E-state index contributed by atoms with van der Waals surface area (Å²) in [5, 5.41) is 0. The molecule has 0 aliphatic carbocycles. The molecule has 2 nitrogen and oxygen atoms in total. The summed E-state index contributed by atoms with van der Waals surface area (Å²) >= 11 is 0. The first-order chi connectivity index (χ1) is 4.56. The first kappa shape index (κ1) is 9.92. The number of hydroxylamine groups is 1. The van der Waals surface area contributed by atoms with Gasteiger partial charge in [-0.05, 0) is 18.8 Å². The molecule has 0 aliphatic rings. The predicted octanol–water partition coefficient (Wildman–Crippen LogP) is 2.13. The second kappa shape index (κ2) is 4.69. The van der Waals surface area contributed by atoms with Gasteiger partial charge in [-0.3, -0.25) is 0 Å². The Morgan fingerprint density at radius 3 is 2.40 bits per heavy atom. The SMILES string of the molecule is C[CH]NOCCC(C)(C)C. The van der Waals surface area contributed by atoms with Crippen molar-refractivity contribution in [2.45, 2.75) is 34.1 Å². The largest absolute Gasteiger partial charge is 0.301 e. The van der Waals surface area contributed by atoms with Crippen molar-refractivity contribution >= 4 is 0 Å². The molecule has 0 heterocycles. The van der Waals surface area contributed by atoms with Crippen molar-refractivity contribution in [1.82, 2.24) is 5.48 Å². The van der Waals surface area contributed by atoms with Crippen LogP contribution in [0.15, 0.2) is 0 Å². The van der Waals surface area contributed by atoms with E-state index in [0.717, 1.165) is 13.0 Å². The first-order valence-electron chi connectivity index (χ1n) is 3.71. The second-order valence-electron chi connectivity index (χ2n) is 3.57. The van der Waals surface area contributed by atoms with Crippen LogP contribution >= 0.6 is 0 Å². The van der Waals surface area contributed by atoms with Crippen molar-refractivity contribution in [3.8, 4) is 0 Å². The zero-order valence-corrected chi connectivity index (χ0v) is 7.40. The van der Waals surface area contributed by atoms with Gasteiger partial charge in [0, 0.05) is 6.54 Å². The molecular formula is C8H18NO. The Balaban J connectivity index is 3.04. The molecule has 0 fully saturated rings. The number of hydrogen-bond donors (Lipinski definition) is 1. The maximum Gasteiger partial charge on any atom is 0.0687 e. The molecular weight excluding hydrogens is 126 g/mol. The fourth-order valence-electron chi connectivity index (χ4n) is 0.499. The molecule has 0 aromatic carbocycles. The quantitative estimate of drug-likeness (QED) is 0.482. The lowest BCUT2D eigenvalue weighted by Crippen LogP contribution is -2.15. The van der Waals surface area contributed by atoms with E-state index in [4.69, 9.17) is 4.84 Å². The van der Waals surface area contributed by atoms with E-state index in [1.54, 1.807) is 6.54 Å². The Hall–Kier alpha value is -0.0800. The monoisotopic (exact) mass is 144 g/mol. The number of rotatable bonds is 4. The van der Waals surface area contributed by atoms with Gasteiger partial charge < -0.3 is 4.84 Å². The number of nitrogens with one attached hydrogen (secondary N) is 1. The van der Waals surface area contributed by atoms with Crippen molar-refractivity contribution in [2.75, 3.05) is 6.61 Å². The summed E-state index contributed by atoms with van der Waals surface area (Å²) in [5.41, 5.74) is 3.07. The van der Waals surface area contributed by atoms with E-state index in [0.29, 0.717) is 5.41 Å². The average Bonchev–Trinajstić information content (AvgIpc) is 1.78. The fraction of sp³-hybridized carbons (Fsp3) is 0.875. The molecule has 2 heteroatoms. The minimum atomic E-state index is 0.370. The van der Waals surface area contributed by atoms with Gasteiger partial charge in [0.1, 0.15) is 0 Å². The van der Waals surface area contributed by atoms with Gasteiger partial charge in [-0.15, -0.1) is 0 Å². The minimum Gasteiger partial charge on any atom is -0.301 e. The van der Waals surface area contributed by atoms with Crippen LogP contribution in [0, 0.1) is 12.0 Å². The van der Waals surface area contributed by atoms with Gasteiger partial charge in [-0.25, -0.2) is 0 Å². The normalized spacial score (nSPS) is 12.0. The Labute approximate surface area is 63.9 Å². The van der Waals surface area contributed by atoms with Gasteiger partial charge in [0.15, 0.2) is 0 Å². The van der Waals surface area contributed by atoms with E-state index in [-0.39, 0.29) is 0 Å². The van der Waals surface area contributed by atoms with E-state index in [1.165, 1.54) is 0 Å². The second-order valence-corrected chi connectivity index (χ2v) is 3.57. The first-order valence-corrected chi connectivity index (χ1v) is 3.71. The molecule has 0 unspecified atom stereocenters. The highest BCUT2D eigenvalue weighted by molar-refractivity contribution is 4.59. The third-order valence-corrected chi connectivity index (χ3v) is 1.16. The van der Waals surface area contributed by atoms with Crippen molar-refractivity contribution in [3.05, 3.63) is 6.54 Å². The molecule has 1 radical (unpaired) electrons. The molecule has 0 atom stereocenters. The third kappa shape index (κ3) is 7.92. The van der Waals surface area contributed by atoms with Crippen LogP contribution in [0.25, 0.3) is 0 Å². The van der Waals surface area contributed by atoms with E-state index in [1.807, 2.05) is 6.92 Å². The van der Waals surface area contributed by atoms with Gasteiger partial charge >= 0.3 is 0 Å². The van der Waals surface area contributed by atoms with Crippen molar-refractivity contribution < 1.29 is 4.84 Å². The maximum absolute atomic E-state index is 5.05. The van der Waals surface area contributed by atoms with Crippen LogP contribution in [0.1, 0.15) is 34.1 Å². The van der Waals surface area contributed by atoms with Crippen LogP contribution in [-0.2, 0) is 4.84 Å². The molecule has 0 spiro atoms.